The molecule has 0 bridgehead atoms. The van der Waals surface area contributed by atoms with Gasteiger partial charge in [0.1, 0.15) is 18.3 Å². The number of fused-ring (bicyclic) bond motifs is 1. The summed E-state index contributed by atoms with van der Waals surface area (Å²) in [6.45, 7) is 7.41. The van der Waals surface area contributed by atoms with Gasteiger partial charge in [0, 0.05) is 0 Å². The van der Waals surface area contributed by atoms with Crippen molar-refractivity contribution in [1.82, 2.24) is 0 Å². The van der Waals surface area contributed by atoms with Crippen LogP contribution in [0, 0.1) is 0 Å². The van der Waals surface area contributed by atoms with Crippen molar-refractivity contribution in [2.75, 3.05) is 6.61 Å². The molecule has 0 saturated carbocycles. The normalized spacial score (nSPS) is 49.5. The Morgan fingerprint density at radius 2 is 1.67 bits per heavy atom. The summed E-state index contributed by atoms with van der Waals surface area (Å²) in [5, 5.41) is 0. The highest BCUT2D eigenvalue weighted by atomic mass is 19.1. The van der Waals surface area contributed by atoms with Crippen LogP contribution in [0.4, 0.5) is 4.39 Å². The fourth-order valence-electron chi connectivity index (χ4n) is 2.67. The van der Waals surface area contributed by atoms with Crippen LogP contribution < -0.4 is 0 Å². The highest BCUT2D eigenvalue weighted by Gasteiger charge is 2.58. The smallest absolute Gasteiger partial charge is 0.190 e. The third-order valence-electron chi connectivity index (χ3n) is 3.40. The molecular formula is C12H19FO5. The second-order valence-electron chi connectivity index (χ2n) is 5.88. The van der Waals surface area contributed by atoms with Gasteiger partial charge in [-0.15, -0.1) is 0 Å². The lowest BCUT2D eigenvalue weighted by atomic mass is 10.1. The number of hydrogen-bond donors (Lipinski definition) is 0. The van der Waals surface area contributed by atoms with Crippen LogP contribution in [0.3, 0.4) is 0 Å². The summed E-state index contributed by atoms with van der Waals surface area (Å²) in [4.78, 5) is 0. The summed E-state index contributed by atoms with van der Waals surface area (Å²) in [6, 6.07) is 0. The Morgan fingerprint density at radius 3 is 2.22 bits per heavy atom. The third kappa shape index (κ3) is 2.06. The quantitative estimate of drug-likeness (QED) is 0.714. The van der Waals surface area contributed by atoms with Gasteiger partial charge in [-0.05, 0) is 27.7 Å². The van der Waals surface area contributed by atoms with Gasteiger partial charge in [0.2, 0.25) is 0 Å². The van der Waals surface area contributed by atoms with E-state index in [2.05, 4.69) is 0 Å². The predicted octanol–water partition coefficient (Wildman–Crippen LogP) is 1.35. The summed E-state index contributed by atoms with van der Waals surface area (Å²) in [6.07, 6.45) is -3.72. The van der Waals surface area contributed by atoms with Gasteiger partial charge >= 0.3 is 0 Å². The van der Waals surface area contributed by atoms with Crippen molar-refractivity contribution in [3.63, 3.8) is 0 Å². The zero-order chi connectivity index (χ0) is 13.1. The van der Waals surface area contributed by atoms with Gasteiger partial charge in [-0.1, -0.05) is 0 Å². The van der Waals surface area contributed by atoms with E-state index in [0.717, 1.165) is 0 Å². The summed E-state index contributed by atoms with van der Waals surface area (Å²) in [7, 11) is 0. The lowest BCUT2D eigenvalue weighted by Gasteiger charge is -2.25. The van der Waals surface area contributed by atoms with E-state index in [1.54, 1.807) is 27.7 Å². The molecule has 5 nitrogen and oxygen atoms in total. The maximum Gasteiger partial charge on any atom is 0.190 e. The molecule has 2 unspecified atom stereocenters. The number of halogens is 1. The van der Waals surface area contributed by atoms with Crippen LogP contribution in [0.2, 0.25) is 0 Å². The summed E-state index contributed by atoms with van der Waals surface area (Å²) < 4.78 is 42.0. The Bertz CT molecular complexity index is 345. The summed E-state index contributed by atoms with van der Waals surface area (Å²) in [5.74, 6) is -1.48. The Hall–Kier alpha value is -0.270. The molecule has 3 rings (SSSR count). The molecule has 6 heteroatoms. The minimum atomic E-state index is -1.26. The molecule has 3 aliphatic heterocycles. The number of alkyl halides is 1. The van der Waals surface area contributed by atoms with E-state index in [9.17, 15) is 4.39 Å². The fourth-order valence-corrected chi connectivity index (χ4v) is 2.67. The first-order chi connectivity index (χ1) is 8.27. The first kappa shape index (κ1) is 12.7. The minimum Gasteiger partial charge on any atom is -0.348 e. The van der Waals surface area contributed by atoms with Crippen LogP contribution in [0.5, 0.6) is 0 Å². The minimum absolute atomic E-state index is 0.320. The number of hydrogen-bond acceptors (Lipinski definition) is 5. The molecule has 3 aliphatic rings. The standard InChI is InChI=1S/C12H19FO5/c1-11(2)14-5-6(16-11)8-7(13)9-10(15-8)18-12(3,4)17-9/h6-10H,5H2,1-4H3/t6?,7-,8?,9+,10+/m0/s1. The molecule has 0 spiro atoms. The molecule has 0 N–H and O–H groups in total. The summed E-state index contributed by atoms with van der Waals surface area (Å²) in [5.41, 5.74) is 0. The monoisotopic (exact) mass is 262 g/mol. The molecule has 0 radical (unpaired) electrons. The van der Waals surface area contributed by atoms with Gasteiger partial charge in [0.05, 0.1) is 6.61 Å². The topological polar surface area (TPSA) is 46.2 Å². The number of rotatable bonds is 1. The molecule has 0 aromatic rings. The molecule has 0 aliphatic carbocycles. The molecular weight excluding hydrogens is 243 g/mol. The average molecular weight is 262 g/mol. The van der Waals surface area contributed by atoms with Gasteiger partial charge in [-0.25, -0.2) is 4.39 Å². The molecule has 18 heavy (non-hydrogen) atoms. The first-order valence-electron chi connectivity index (χ1n) is 6.24. The predicted molar refractivity (Wildman–Crippen MR) is 58.5 cm³/mol. The first-order valence-corrected chi connectivity index (χ1v) is 6.24. The van der Waals surface area contributed by atoms with Gasteiger partial charge in [-0.3, -0.25) is 0 Å². The second-order valence-corrected chi connectivity index (χ2v) is 5.88. The molecule has 0 aromatic carbocycles. The van der Waals surface area contributed by atoms with Crippen molar-refractivity contribution in [3.8, 4) is 0 Å². The van der Waals surface area contributed by atoms with Crippen molar-refractivity contribution in [2.24, 2.45) is 0 Å². The van der Waals surface area contributed by atoms with Crippen molar-refractivity contribution in [1.29, 1.82) is 0 Å². The third-order valence-corrected chi connectivity index (χ3v) is 3.40. The zero-order valence-electron chi connectivity index (χ0n) is 11.0. The van der Waals surface area contributed by atoms with E-state index < -0.39 is 42.3 Å². The fraction of sp³-hybridized carbons (Fsp3) is 1.00. The molecule has 3 saturated heterocycles. The Kier molecular flexibility index (Phi) is 2.74. The highest BCUT2D eigenvalue weighted by molar-refractivity contribution is 4.97. The van der Waals surface area contributed by atoms with Gasteiger partial charge in [0.25, 0.3) is 0 Å². The van der Waals surface area contributed by atoms with E-state index in [1.165, 1.54) is 0 Å². The maximum atomic E-state index is 14.3. The average Bonchev–Trinajstić information content (AvgIpc) is 2.81. The van der Waals surface area contributed by atoms with Crippen LogP contribution in [0.15, 0.2) is 0 Å². The van der Waals surface area contributed by atoms with E-state index in [4.69, 9.17) is 23.7 Å². The number of ether oxygens (including phenoxy) is 5. The Balaban J connectivity index is 1.68. The summed E-state index contributed by atoms with van der Waals surface area (Å²) >= 11 is 0. The lowest BCUT2D eigenvalue weighted by molar-refractivity contribution is -0.227. The van der Waals surface area contributed by atoms with Crippen LogP contribution in [0.1, 0.15) is 27.7 Å². The largest absolute Gasteiger partial charge is 0.348 e. The molecule has 3 heterocycles. The van der Waals surface area contributed by atoms with Crippen LogP contribution in [-0.4, -0.2) is 49.0 Å². The highest BCUT2D eigenvalue weighted by Crippen LogP contribution is 2.41. The van der Waals surface area contributed by atoms with Crippen LogP contribution in [0.25, 0.3) is 0 Å². The molecule has 0 aromatic heterocycles. The van der Waals surface area contributed by atoms with Crippen molar-refractivity contribution >= 4 is 0 Å². The SMILES string of the molecule is CC1(C)OCC(C2O[C@@H]3OC(C)(C)O[C@@H]3[C@H]2F)O1. The van der Waals surface area contributed by atoms with E-state index in [0.29, 0.717) is 6.61 Å². The van der Waals surface area contributed by atoms with Crippen molar-refractivity contribution < 1.29 is 28.1 Å². The van der Waals surface area contributed by atoms with Crippen LogP contribution >= 0.6 is 0 Å². The van der Waals surface area contributed by atoms with E-state index in [1.807, 2.05) is 0 Å². The van der Waals surface area contributed by atoms with Gasteiger partial charge < -0.3 is 23.7 Å². The lowest BCUT2D eigenvalue weighted by Crippen LogP contribution is -2.40. The van der Waals surface area contributed by atoms with E-state index in [-0.39, 0.29) is 0 Å². The molecule has 104 valence electrons. The maximum absolute atomic E-state index is 14.3. The molecule has 3 fully saturated rings. The zero-order valence-corrected chi connectivity index (χ0v) is 11.0. The van der Waals surface area contributed by atoms with Gasteiger partial charge in [0.15, 0.2) is 24.0 Å². The van der Waals surface area contributed by atoms with Gasteiger partial charge in [-0.2, -0.15) is 0 Å². The molecule has 5 atom stereocenters. The second kappa shape index (κ2) is 3.86. The van der Waals surface area contributed by atoms with Crippen LogP contribution in [-0.2, 0) is 23.7 Å². The van der Waals surface area contributed by atoms with E-state index >= 15 is 0 Å². The van der Waals surface area contributed by atoms with Crippen molar-refractivity contribution in [3.05, 3.63) is 0 Å². The molecule has 0 amide bonds. The Labute approximate surface area is 105 Å². The van der Waals surface area contributed by atoms with Crippen molar-refractivity contribution in [2.45, 2.75) is 70.0 Å². The Morgan fingerprint density at radius 1 is 0.944 bits per heavy atom.